The smallest absolute Gasteiger partial charge is 0.0474 e. The van der Waals surface area contributed by atoms with Crippen LogP contribution >= 0.6 is 11.6 Å². The average Bonchev–Trinajstić information content (AvgIpc) is 2.42. The number of allylic oxidation sites excluding steroid dienone is 1. The maximum Gasteiger partial charge on any atom is 0.0474 e. The van der Waals surface area contributed by atoms with Crippen LogP contribution in [0.4, 0.5) is 0 Å². The molecule has 0 N–H and O–H groups in total. The maximum absolute atomic E-state index is 5.53. The summed E-state index contributed by atoms with van der Waals surface area (Å²) in [6.07, 6.45) is 4.50. The average molecular weight is 246 g/mol. The molecule has 0 spiro atoms. The molecule has 2 aromatic rings. The highest BCUT2D eigenvalue weighted by Gasteiger charge is 1.84. The molecule has 88 valence electrons. The van der Waals surface area contributed by atoms with Gasteiger partial charge in [-0.1, -0.05) is 42.5 Å². The number of rotatable bonds is 3. The number of aromatic nitrogens is 1. The first-order chi connectivity index (χ1) is 8.36. The molecule has 0 saturated heterocycles. The Kier molecular flexibility index (Phi) is 6.76. The van der Waals surface area contributed by atoms with Crippen molar-refractivity contribution in [3.63, 3.8) is 0 Å². The third-order valence-electron chi connectivity index (χ3n) is 2.08. The minimum absolute atomic E-state index is 0.612. The van der Waals surface area contributed by atoms with Crippen LogP contribution in [0.5, 0.6) is 0 Å². The van der Waals surface area contributed by atoms with Crippen LogP contribution in [0, 0.1) is 0 Å². The van der Waals surface area contributed by atoms with Gasteiger partial charge in [-0.25, -0.2) is 0 Å². The second kappa shape index (κ2) is 8.54. The zero-order valence-electron chi connectivity index (χ0n) is 9.72. The van der Waals surface area contributed by atoms with Gasteiger partial charge in [-0.2, -0.15) is 0 Å². The fraction of sp³-hybridized carbons (Fsp3) is 0.133. The van der Waals surface area contributed by atoms with Crippen LogP contribution in [0.1, 0.15) is 11.3 Å². The van der Waals surface area contributed by atoms with Crippen molar-refractivity contribution < 1.29 is 0 Å². The van der Waals surface area contributed by atoms with Crippen LogP contribution < -0.4 is 0 Å². The number of halogens is 1. The highest BCUT2D eigenvalue weighted by atomic mass is 35.5. The molecule has 0 aliphatic rings. The quantitative estimate of drug-likeness (QED) is 0.582. The van der Waals surface area contributed by atoms with Gasteiger partial charge in [-0.15, -0.1) is 18.2 Å². The van der Waals surface area contributed by atoms with Crippen molar-refractivity contribution in [3.8, 4) is 0 Å². The molecule has 0 amide bonds. The third kappa shape index (κ3) is 5.88. The highest BCUT2D eigenvalue weighted by Crippen LogP contribution is 2.00. The maximum atomic E-state index is 5.53. The minimum atomic E-state index is 0.612. The minimum Gasteiger partial charge on any atom is -0.261 e. The Morgan fingerprint density at radius 3 is 2.24 bits per heavy atom. The number of alkyl halides is 1. The Bertz CT molecular complexity index is 411. The molecule has 1 aromatic carbocycles. The molecule has 0 aliphatic carbocycles. The summed E-state index contributed by atoms with van der Waals surface area (Å²) in [5.41, 5.74) is 2.25. The van der Waals surface area contributed by atoms with E-state index < -0.39 is 0 Å². The Morgan fingerprint density at radius 2 is 1.76 bits per heavy atom. The summed E-state index contributed by atoms with van der Waals surface area (Å²) in [7, 11) is 0. The van der Waals surface area contributed by atoms with Gasteiger partial charge >= 0.3 is 0 Å². The Hall–Kier alpha value is -1.60. The van der Waals surface area contributed by atoms with E-state index in [-0.39, 0.29) is 0 Å². The standard InChI is InChI=1S/C8H9N.C7H7Cl/c1-2-5-8-6-3-4-7-9-8;8-6-7-4-2-1-3-5-7/h2-4,6-7H,1,5H2;1-5H,6H2. The van der Waals surface area contributed by atoms with E-state index in [0.717, 1.165) is 12.1 Å². The van der Waals surface area contributed by atoms with E-state index >= 15 is 0 Å². The lowest BCUT2D eigenvalue weighted by molar-refractivity contribution is 1.11. The second-order valence-electron chi connectivity index (χ2n) is 3.43. The number of nitrogens with zero attached hydrogens (tertiary/aromatic N) is 1. The van der Waals surface area contributed by atoms with Gasteiger partial charge in [0, 0.05) is 24.2 Å². The third-order valence-corrected chi connectivity index (χ3v) is 2.39. The van der Waals surface area contributed by atoms with Crippen molar-refractivity contribution >= 4 is 11.6 Å². The molecule has 0 saturated carbocycles. The molecular weight excluding hydrogens is 230 g/mol. The highest BCUT2D eigenvalue weighted by molar-refractivity contribution is 6.17. The van der Waals surface area contributed by atoms with E-state index in [0.29, 0.717) is 5.88 Å². The fourth-order valence-electron chi connectivity index (χ4n) is 1.23. The first kappa shape index (κ1) is 13.5. The summed E-state index contributed by atoms with van der Waals surface area (Å²) in [5.74, 6) is 0.612. The van der Waals surface area contributed by atoms with Gasteiger partial charge in [0.1, 0.15) is 0 Å². The second-order valence-corrected chi connectivity index (χ2v) is 3.70. The van der Waals surface area contributed by atoms with Gasteiger partial charge in [0.05, 0.1) is 0 Å². The lowest BCUT2D eigenvalue weighted by Crippen LogP contribution is -1.82. The molecule has 0 unspecified atom stereocenters. The van der Waals surface area contributed by atoms with Crippen LogP contribution in [0.3, 0.4) is 0 Å². The Morgan fingerprint density at radius 1 is 1.06 bits per heavy atom. The van der Waals surface area contributed by atoms with Crippen LogP contribution in [-0.2, 0) is 12.3 Å². The molecular formula is C15H16ClN. The molecule has 2 rings (SSSR count). The molecule has 0 atom stereocenters. The van der Waals surface area contributed by atoms with Crippen LogP contribution in [0.15, 0.2) is 67.4 Å². The number of pyridine rings is 1. The zero-order valence-corrected chi connectivity index (χ0v) is 10.5. The van der Waals surface area contributed by atoms with Crippen molar-refractivity contribution in [2.75, 3.05) is 0 Å². The molecule has 2 heteroatoms. The van der Waals surface area contributed by atoms with Gasteiger partial charge in [0.25, 0.3) is 0 Å². The molecule has 1 heterocycles. The van der Waals surface area contributed by atoms with Crippen molar-refractivity contribution in [1.29, 1.82) is 0 Å². The van der Waals surface area contributed by atoms with E-state index in [4.69, 9.17) is 11.6 Å². The number of benzene rings is 1. The van der Waals surface area contributed by atoms with E-state index in [1.807, 2.05) is 54.6 Å². The first-order valence-electron chi connectivity index (χ1n) is 5.47. The van der Waals surface area contributed by atoms with Gasteiger partial charge in [0.2, 0.25) is 0 Å². The molecule has 0 radical (unpaired) electrons. The molecule has 0 fully saturated rings. The molecule has 1 nitrogen and oxygen atoms in total. The summed E-state index contributed by atoms with van der Waals surface area (Å²) in [5, 5.41) is 0. The van der Waals surface area contributed by atoms with Crippen LogP contribution in [0.2, 0.25) is 0 Å². The van der Waals surface area contributed by atoms with E-state index in [1.54, 1.807) is 6.20 Å². The molecule has 0 aliphatic heterocycles. The summed E-state index contributed by atoms with van der Waals surface area (Å²) < 4.78 is 0. The van der Waals surface area contributed by atoms with Gasteiger partial charge in [-0.3, -0.25) is 4.98 Å². The molecule has 0 bridgehead atoms. The number of hydrogen-bond donors (Lipinski definition) is 0. The van der Waals surface area contributed by atoms with E-state index in [2.05, 4.69) is 11.6 Å². The Labute approximate surface area is 108 Å². The lowest BCUT2D eigenvalue weighted by atomic mass is 10.2. The van der Waals surface area contributed by atoms with Crippen LogP contribution in [-0.4, -0.2) is 4.98 Å². The van der Waals surface area contributed by atoms with E-state index in [9.17, 15) is 0 Å². The largest absolute Gasteiger partial charge is 0.261 e. The SMILES string of the molecule is C=CCc1ccccn1.ClCc1ccccc1. The fourth-order valence-corrected chi connectivity index (χ4v) is 1.41. The van der Waals surface area contributed by atoms with Crippen molar-refractivity contribution in [3.05, 3.63) is 78.6 Å². The summed E-state index contributed by atoms with van der Waals surface area (Å²) in [6, 6.07) is 15.8. The zero-order chi connectivity index (χ0) is 12.3. The topological polar surface area (TPSA) is 12.9 Å². The van der Waals surface area contributed by atoms with E-state index in [1.165, 1.54) is 5.56 Å². The monoisotopic (exact) mass is 245 g/mol. The first-order valence-corrected chi connectivity index (χ1v) is 6.01. The molecule has 17 heavy (non-hydrogen) atoms. The Balaban J connectivity index is 0.000000171. The summed E-state index contributed by atoms with van der Waals surface area (Å²) in [4.78, 5) is 4.10. The lowest BCUT2D eigenvalue weighted by Gasteiger charge is -1.90. The van der Waals surface area contributed by atoms with Crippen molar-refractivity contribution in [1.82, 2.24) is 4.98 Å². The number of hydrogen-bond acceptors (Lipinski definition) is 1. The predicted octanol–water partition coefficient (Wildman–Crippen LogP) is 4.24. The van der Waals surface area contributed by atoms with Crippen molar-refractivity contribution in [2.24, 2.45) is 0 Å². The normalized spacial score (nSPS) is 9.00. The van der Waals surface area contributed by atoms with Crippen molar-refractivity contribution in [2.45, 2.75) is 12.3 Å². The van der Waals surface area contributed by atoms with Gasteiger partial charge in [0.15, 0.2) is 0 Å². The predicted molar refractivity (Wildman–Crippen MR) is 74.1 cm³/mol. The summed E-state index contributed by atoms with van der Waals surface area (Å²) >= 11 is 5.53. The van der Waals surface area contributed by atoms with Gasteiger partial charge < -0.3 is 0 Å². The van der Waals surface area contributed by atoms with Crippen LogP contribution in [0.25, 0.3) is 0 Å². The molecule has 1 aromatic heterocycles. The summed E-state index contributed by atoms with van der Waals surface area (Å²) in [6.45, 7) is 3.62. The van der Waals surface area contributed by atoms with Gasteiger partial charge in [-0.05, 0) is 17.7 Å².